The first kappa shape index (κ1) is 34.4. The van der Waals surface area contributed by atoms with Gasteiger partial charge >= 0.3 is 0 Å². The summed E-state index contributed by atoms with van der Waals surface area (Å²) in [7, 11) is -4.31. The number of sulfonamides is 1. The van der Waals surface area contributed by atoms with Gasteiger partial charge < -0.3 is 10.2 Å². The minimum absolute atomic E-state index is 0.00911. The van der Waals surface area contributed by atoms with Crippen LogP contribution in [0.2, 0.25) is 20.1 Å². The van der Waals surface area contributed by atoms with E-state index in [1.165, 1.54) is 35.2 Å². The molecule has 0 saturated heterocycles. The maximum absolute atomic E-state index is 14.4. The van der Waals surface area contributed by atoms with Crippen LogP contribution in [-0.2, 0) is 26.2 Å². The minimum atomic E-state index is -4.31. The molecule has 0 spiro atoms. The summed E-state index contributed by atoms with van der Waals surface area (Å²) in [5.41, 5.74) is 1.34. The molecule has 2 amide bonds. The number of nitrogens with one attached hydrogen (secondary N) is 1. The Hall–Kier alpha value is -2.49. The average molecular weight is 700 g/mol. The molecule has 0 aliphatic heterocycles. The van der Waals surface area contributed by atoms with E-state index < -0.39 is 28.5 Å². The molecular formula is C32H35Cl4N3O4S. The van der Waals surface area contributed by atoms with Crippen molar-refractivity contribution in [3.63, 3.8) is 0 Å². The van der Waals surface area contributed by atoms with Gasteiger partial charge in [-0.1, -0.05) is 96.4 Å². The predicted octanol–water partition coefficient (Wildman–Crippen LogP) is 8.06. The number of amides is 2. The third-order valence-electron chi connectivity index (χ3n) is 7.79. The van der Waals surface area contributed by atoms with Crippen LogP contribution in [-0.4, -0.2) is 43.8 Å². The number of anilines is 1. The van der Waals surface area contributed by atoms with Crippen molar-refractivity contribution in [3.8, 4) is 0 Å². The number of aryl methyl sites for hydroxylation is 1. The number of benzene rings is 3. The van der Waals surface area contributed by atoms with Crippen LogP contribution >= 0.6 is 46.4 Å². The van der Waals surface area contributed by atoms with Crippen LogP contribution in [0.25, 0.3) is 0 Å². The van der Waals surface area contributed by atoms with Crippen molar-refractivity contribution in [2.45, 2.75) is 75.9 Å². The van der Waals surface area contributed by atoms with E-state index in [0.29, 0.717) is 15.6 Å². The Morgan fingerprint density at radius 2 is 1.55 bits per heavy atom. The number of carbonyl (C=O) groups is 2. The lowest BCUT2D eigenvalue weighted by Crippen LogP contribution is -2.54. The summed E-state index contributed by atoms with van der Waals surface area (Å²) in [5, 5.41) is 4.07. The standard InChI is InChI=1S/C32H35Cl4N3O4S/c1-3-29(32(41)37-23-8-5-4-6-9-23)38(19-25-26(34)10-7-11-27(25)35)31(40)20-39(30-18-22(33)14-17-28(30)36)44(42,43)24-15-12-21(2)13-16-24/h7,10-18,23,29H,3-6,8-9,19-20H2,1-2H3,(H,37,41)/t29-/m1/s1. The van der Waals surface area contributed by atoms with Crippen LogP contribution in [0.4, 0.5) is 5.69 Å². The lowest BCUT2D eigenvalue weighted by molar-refractivity contribution is -0.140. The molecule has 3 aromatic carbocycles. The topological polar surface area (TPSA) is 86.8 Å². The maximum atomic E-state index is 14.4. The summed E-state index contributed by atoms with van der Waals surface area (Å²) < 4.78 is 29.1. The highest BCUT2D eigenvalue weighted by Crippen LogP contribution is 2.34. The van der Waals surface area contributed by atoms with E-state index >= 15 is 0 Å². The summed E-state index contributed by atoms with van der Waals surface area (Å²) in [6.07, 6.45) is 5.16. The Kier molecular flexibility index (Phi) is 11.9. The van der Waals surface area contributed by atoms with Crippen LogP contribution < -0.4 is 9.62 Å². The summed E-state index contributed by atoms with van der Waals surface area (Å²) in [4.78, 5) is 29.4. The Morgan fingerprint density at radius 3 is 2.16 bits per heavy atom. The third kappa shape index (κ3) is 8.20. The fourth-order valence-electron chi connectivity index (χ4n) is 5.35. The lowest BCUT2D eigenvalue weighted by atomic mass is 9.95. The molecule has 7 nitrogen and oxygen atoms in total. The molecule has 12 heteroatoms. The molecule has 0 heterocycles. The number of rotatable bonds is 11. The molecule has 1 N–H and O–H groups in total. The van der Waals surface area contributed by atoms with Crippen LogP contribution in [0.1, 0.15) is 56.6 Å². The quantitative estimate of drug-likeness (QED) is 0.220. The largest absolute Gasteiger partial charge is 0.352 e. The van der Waals surface area contributed by atoms with Gasteiger partial charge in [-0.25, -0.2) is 8.42 Å². The highest BCUT2D eigenvalue weighted by molar-refractivity contribution is 7.92. The van der Waals surface area contributed by atoms with E-state index in [1.54, 1.807) is 37.3 Å². The summed E-state index contributed by atoms with van der Waals surface area (Å²) in [6.45, 7) is 2.86. The lowest BCUT2D eigenvalue weighted by Gasteiger charge is -2.35. The first-order valence-electron chi connectivity index (χ1n) is 14.5. The van der Waals surface area contributed by atoms with E-state index in [9.17, 15) is 18.0 Å². The zero-order valence-electron chi connectivity index (χ0n) is 24.5. The van der Waals surface area contributed by atoms with Crippen LogP contribution in [0, 0.1) is 6.92 Å². The number of hydrogen-bond acceptors (Lipinski definition) is 4. The smallest absolute Gasteiger partial charge is 0.264 e. The van der Waals surface area contributed by atoms with Crippen LogP contribution in [0.3, 0.4) is 0 Å². The Morgan fingerprint density at radius 1 is 0.909 bits per heavy atom. The highest BCUT2D eigenvalue weighted by Gasteiger charge is 2.35. The zero-order chi connectivity index (χ0) is 32.0. The second-order valence-corrected chi connectivity index (χ2v) is 14.4. The van der Waals surface area contributed by atoms with Gasteiger partial charge in [-0.05, 0) is 68.7 Å². The zero-order valence-corrected chi connectivity index (χ0v) is 28.4. The number of nitrogens with zero attached hydrogens (tertiary/aromatic N) is 2. The van der Waals surface area contributed by atoms with Crippen molar-refractivity contribution >= 4 is 73.9 Å². The second kappa shape index (κ2) is 15.2. The van der Waals surface area contributed by atoms with Crippen molar-refractivity contribution in [3.05, 3.63) is 91.9 Å². The van der Waals surface area contributed by atoms with Gasteiger partial charge in [-0.3, -0.25) is 13.9 Å². The van der Waals surface area contributed by atoms with Crippen molar-refractivity contribution in [2.24, 2.45) is 0 Å². The molecule has 0 unspecified atom stereocenters. The Bertz CT molecular complexity index is 1580. The first-order valence-corrected chi connectivity index (χ1v) is 17.4. The molecule has 236 valence electrons. The molecule has 4 rings (SSSR count). The summed E-state index contributed by atoms with van der Waals surface area (Å²) in [6, 6.07) is 14.7. The highest BCUT2D eigenvalue weighted by atomic mass is 35.5. The minimum Gasteiger partial charge on any atom is -0.352 e. The van der Waals surface area contributed by atoms with E-state index in [-0.39, 0.29) is 45.5 Å². The number of carbonyl (C=O) groups excluding carboxylic acids is 2. The molecule has 0 bridgehead atoms. The van der Waals surface area contributed by atoms with Gasteiger partial charge in [0.25, 0.3) is 10.0 Å². The number of hydrogen-bond donors (Lipinski definition) is 1. The molecule has 1 aliphatic rings. The molecular weight excluding hydrogens is 664 g/mol. The fraction of sp³-hybridized carbons (Fsp3) is 0.375. The summed E-state index contributed by atoms with van der Waals surface area (Å²) in [5.74, 6) is -0.956. The van der Waals surface area contributed by atoms with E-state index in [2.05, 4.69) is 5.32 Å². The van der Waals surface area contributed by atoms with Gasteiger partial charge in [0.1, 0.15) is 12.6 Å². The maximum Gasteiger partial charge on any atom is 0.264 e. The fourth-order valence-corrected chi connectivity index (χ4v) is 7.72. The van der Waals surface area contributed by atoms with E-state index in [4.69, 9.17) is 46.4 Å². The van der Waals surface area contributed by atoms with Crippen LogP contribution in [0.15, 0.2) is 65.6 Å². The van der Waals surface area contributed by atoms with Gasteiger partial charge in [0.05, 0.1) is 15.6 Å². The van der Waals surface area contributed by atoms with E-state index in [0.717, 1.165) is 42.0 Å². The number of halogens is 4. The molecule has 3 aromatic rings. The molecule has 1 saturated carbocycles. The van der Waals surface area contributed by atoms with Gasteiger partial charge in [-0.2, -0.15) is 0 Å². The molecule has 1 atom stereocenters. The predicted molar refractivity (Wildman–Crippen MR) is 178 cm³/mol. The summed E-state index contributed by atoms with van der Waals surface area (Å²) >= 11 is 25.8. The molecule has 44 heavy (non-hydrogen) atoms. The monoisotopic (exact) mass is 697 g/mol. The molecule has 1 aliphatic carbocycles. The first-order chi connectivity index (χ1) is 20.9. The van der Waals surface area contributed by atoms with Gasteiger partial charge in [-0.15, -0.1) is 0 Å². The molecule has 0 radical (unpaired) electrons. The van der Waals surface area contributed by atoms with Crippen molar-refractivity contribution in [1.29, 1.82) is 0 Å². The normalized spacial score (nSPS) is 14.6. The van der Waals surface area contributed by atoms with Crippen molar-refractivity contribution < 1.29 is 18.0 Å². The average Bonchev–Trinajstić information content (AvgIpc) is 2.99. The Labute approximate surface area is 279 Å². The van der Waals surface area contributed by atoms with Gasteiger partial charge in [0.15, 0.2) is 0 Å². The SMILES string of the molecule is CC[C@H](C(=O)NC1CCCCC1)N(Cc1c(Cl)cccc1Cl)C(=O)CN(c1cc(Cl)ccc1Cl)S(=O)(=O)c1ccc(C)cc1. The van der Waals surface area contributed by atoms with Crippen molar-refractivity contribution in [1.82, 2.24) is 10.2 Å². The second-order valence-electron chi connectivity index (χ2n) is 10.9. The van der Waals surface area contributed by atoms with Crippen molar-refractivity contribution in [2.75, 3.05) is 10.8 Å². The van der Waals surface area contributed by atoms with Gasteiger partial charge in [0.2, 0.25) is 11.8 Å². The third-order valence-corrected chi connectivity index (χ3v) is 10.8. The van der Waals surface area contributed by atoms with E-state index in [1.807, 2.05) is 6.92 Å². The molecule has 1 fully saturated rings. The Balaban J connectivity index is 1.77. The van der Waals surface area contributed by atoms with Gasteiger partial charge in [0, 0.05) is 33.2 Å². The van der Waals surface area contributed by atoms with Crippen LogP contribution in [0.5, 0.6) is 0 Å². The molecule has 0 aromatic heterocycles.